The number of hydrogen-bond acceptors (Lipinski definition) is 2. The van der Waals surface area contributed by atoms with Gasteiger partial charge in [0, 0.05) is 22.0 Å². The molecule has 110 valence electrons. The van der Waals surface area contributed by atoms with E-state index in [1.165, 1.54) is 22.5 Å². The van der Waals surface area contributed by atoms with Crippen LogP contribution in [0.4, 0.5) is 11.4 Å². The van der Waals surface area contributed by atoms with Crippen molar-refractivity contribution in [2.24, 2.45) is 5.92 Å². The Bertz CT molecular complexity index is 650. The molecule has 3 rings (SSSR count). The average molecular weight is 283 g/mol. The molecule has 1 aliphatic rings. The summed E-state index contributed by atoms with van der Waals surface area (Å²) in [4.78, 5) is 2.35. The predicted molar refractivity (Wildman–Crippen MR) is 90.4 cm³/mol. The van der Waals surface area contributed by atoms with Crippen molar-refractivity contribution in [2.45, 2.75) is 19.8 Å². The van der Waals surface area contributed by atoms with E-state index in [9.17, 15) is 0 Å². The Hall–Kier alpha value is -1.80. The molecule has 0 amide bonds. The molecule has 1 N–H and O–H groups in total. The van der Waals surface area contributed by atoms with Gasteiger partial charge in [-0.05, 0) is 55.5 Å². The molecule has 0 aliphatic carbocycles. The van der Waals surface area contributed by atoms with Crippen molar-refractivity contribution in [3.63, 3.8) is 0 Å². The maximum Gasteiger partial charge on any atom is 0.0443 e. The number of fused-ring (bicyclic) bond motifs is 2. The van der Waals surface area contributed by atoms with Crippen LogP contribution >= 0.6 is 0 Å². The number of aryl methyl sites for hydroxylation is 2. The molecule has 0 saturated heterocycles. The van der Waals surface area contributed by atoms with Gasteiger partial charge in [0.05, 0.1) is 0 Å². The number of rotatable bonds is 4. The monoisotopic (exact) mass is 283 g/mol. The number of para-hydroxylation sites is 2. The van der Waals surface area contributed by atoms with Crippen LogP contribution in [0.2, 0.25) is 0 Å². The second-order valence-corrected chi connectivity index (χ2v) is 5.85. The Morgan fingerprint density at radius 2 is 1.62 bits per heavy atom. The van der Waals surface area contributed by atoms with Gasteiger partial charge in [-0.2, -0.15) is 0 Å². The van der Waals surface area contributed by atoms with Crippen molar-refractivity contribution in [2.75, 3.05) is 25.0 Å². The average Bonchev–Trinajstić information content (AvgIpc) is 2.71. The lowest BCUT2D eigenvalue weighted by Gasteiger charge is -2.29. The summed E-state index contributed by atoms with van der Waals surface area (Å²) >= 11 is 0. The molecule has 0 fully saturated rings. The molecule has 21 heavy (non-hydrogen) atoms. The highest BCUT2D eigenvalue weighted by atomic mass is 15.1. The molecule has 1 atom stereocenters. The molecule has 1 unspecified atom stereocenters. The van der Waals surface area contributed by atoms with Gasteiger partial charge in [-0.15, -0.1) is 0 Å². The molecule has 2 heteroatoms. The SMILES string of the molecule is [2H]C([2H])([2H])NCC(C)CN1c2ccccc2CCc2ccccc21. The summed E-state index contributed by atoms with van der Waals surface area (Å²) in [6, 6.07) is 17.1. The lowest BCUT2D eigenvalue weighted by atomic mass is 10.0. The van der Waals surface area contributed by atoms with E-state index in [1.807, 2.05) is 0 Å². The molecule has 0 saturated carbocycles. The maximum atomic E-state index is 7.32. The highest BCUT2D eigenvalue weighted by Crippen LogP contribution is 2.36. The van der Waals surface area contributed by atoms with Crippen LogP contribution in [0.25, 0.3) is 0 Å². The normalized spacial score (nSPS) is 17.8. The predicted octanol–water partition coefficient (Wildman–Crippen LogP) is 3.78. The van der Waals surface area contributed by atoms with Gasteiger partial charge in [0.15, 0.2) is 0 Å². The van der Waals surface area contributed by atoms with Gasteiger partial charge >= 0.3 is 0 Å². The smallest absolute Gasteiger partial charge is 0.0443 e. The first-order valence-electron chi connectivity index (χ1n) is 9.12. The summed E-state index contributed by atoms with van der Waals surface area (Å²) in [6.45, 7) is 1.27. The summed E-state index contributed by atoms with van der Waals surface area (Å²) in [5.41, 5.74) is 5.18. The van der Waals surface area contributed by atoms with Gasteiger partial charge in [-0.25, -0.2) is 0 Å². The van der Waals surface area contributed by atoms with Crippen molar-refractivity contribution in [1.82, 2.24) is 5.32 Å². The summed E-state index contributed by atoms with van der Waals surface area (Å²) in [6.07, 6.45) is 2.07. The zero-order valence-corrected chi connectivity index (χ0v) is 12.5. The number of hydrogen-bond donors (Lipinski definition) is 1. The second-order valence-electron chi connectivity index (χ2n) is 5.85. The summed E-state index contributed by atoms with van der Waals surface area (Å²) in [5.74, 6) is 0.213. The minimum absolute atomic E-state index is 0.213. The van der Waals surface area contributed by atoms with Crippen molar-refractivity contribution in [3.8, 4) is 0 Å². The van der Waals surface area contributed by atoms with Crippen LogP contribution in [0.15, 0.2) is 48.5 Å². The lowest BCUT2D eigenvalue weighted by molar-refractivity contribution is 0.549. The van der Waals surface area contributed by atoms with E-state index in [0.717, 1.165) is 19.4 Å². The van der Waals surface area contributed by atoms with Crippen LogP contribution in [-0.4, -0.2) is 20.1 Å². The van der Waals surface area contributed by atoms with E-state index in [4.69, 9.17) is 4.11 Å². The Kier molecular flexibility index (Phi) is 3.27. The van der Waals surface area contributed by atoms with Gasteiger partial charge in [0.1, 0.15) is 0 Å². The molecule has 2 aromatic rings. The number of nitrogens with one attached hydrogen (secondary N) is 1. The molecule has 0 radical (unpaired) electrons. The first kappa shape index (κ1) is 10.9. The number of nitrogens with zero attached hydrogens (tertiary/aromatic N) is 1. The maximum absolute atomic E-state index is 7.32. The third-order valence-corrected chi connectivity index (χ3v) is 4.17. The van der Waals surface area contributed by atoms with Crippen molar-refractivity contribution in [1.29, 1.82) is 0 Å². The molecule has 2 aromatic carbocycles. The fourth-order valence-corrected chi connectivity index (χ4v) is 3.12. The summed E-state index contributed by atoms with van der Waals surface area (Å²) in [5, 5.41) is 2.65. The van der Waals surface area contributed by atoms with E-state index in [0.29, 0.717) is 6.54 Å². The van der Waals surface area contributed by atoms with E-state index < -0.39 is 6.98 Å². The zero-order chi connectivity index (χ0) is 17.2. The standard InChI is InChI=1S/C19H24N2/c1-15(13-20-2)14-21-18-9-5-3-7-16(18)11-12-17-8-4-6-10-19(17)21/h3-10,15,20H,11-14H2,1-2H3/i2D3. The molecular weight excluding hydrogens is 256 g/mol. The topological polar surface area (TPSA) is 15.3 Å². The molecule has 0 aromatic heterocycles. The van der Waals surface area contributed by atoms with Crippen molar-refractivity contribution in [3.05, 3.63) is 59.7 Å². The number of benzene rings is 2. The van der Waals surface area contributed by atoms with Gasteiger partial charge in [-0.1, -0.05) is 43.3 Å². The highest BCUT2D eigenvalue weighted by molar-refractivity contribution is 5.71. The van der Waals surface area contributed by atoms with Crippen LogP contribution in [0.3, 0.4) is 0 Å². The first-order valence-corrected chi connectivity index (χ1v) is 7.62. The Morgan fingerprint density at radius 3 is 2.19 bits per heavy atom. The molecule has 0 spiro atoms. The van der Waals surface area contributed by atoms with Gasteiger partial charge in [-0.3, -0.25) is 0 Å². The lowest BCUT2D eigenvalue weighted by Crippen LogP contribution is -2.29. The minimum Gasteiger partial charge on any atom is -0.341 e. The Labute approximate surface area is 132 Å². The third-order valence-electron chi connectivity index (χ3n) is 4.17. The van der Waals surface area contributed by atoms with Crippen LogP contribution < -0.4 is 10.2 Å². The van der Waals surface area contributed by atoms with Crippen LogP contribution in [0.1, 0.15) is 22.2 Å². The largest absolute Gasteiger partial charge is 0.341 e. The van der Waals surface area contributed by atoms with E-state index in [1.54, 1.807) is 0 Å². The first-order chi connectivity index (χ1) is 11.4. The molecule has 0 bridgehead atoms. The van der Waals surface area contributed by atoms with Gasteiger partial charge in [0.25, 0.3) is 0 Å². The Balaban J connectivity index is 1.88. The summed E-state index contributed by atoms with van der Waals surface area (Å²) in [7, 11) is 0. The fourth-order valence-electron chi connectivity index (χ4n) is 3.12. The number of anilines is 2. The van der Waals surface area contributed by atoms with Crippen LogP contribution in [0, 0.1) is 5.92 Å². The Morgan fingerprint density at radius 1 is 1.05 bits per heavy atom. The van der Waals surface area contributed by atoms with E-state index in [-0.39, 0.29) is 5.92 Å². The summed E-state index contributed by atoms with van der Waals surface area (Å²) < 4.78 is 22.0. The van der Waals surface area contributed by atoms with Crippen LogP contribution in [0.5, 0.6) is 0 Å². The van der Waals surface area contributed by atoms with Gasteiger partial charge < -0.3 is 10.2 Å². The zero-order valence-electron chi connectivity index (χ0n) is 15.5. The molecular formula is C19H24N2. The third kappa shape index (κ3) is 2.96. The van der Waals surface area contributed by atoms with Crippen molar-refractivity contribution < 1.29 is 4.11 Å². The minimum atomic E-state index is -2.08. The highest BCUT2D eigenvalue weighted by Gasteiger charge is 2.21. The molecule has 2 nitrogen and oxygen atoms in total. The van der Waals surface area contributed by atoms with Gasteiger partial charge in [0.2, 0.25) is 0 Å². The van der Waals surface area contributed by atoms with Crippen molar-refractivity contribution >= 4 is 11.4 Å². The fraction of sp³-hybridized carbons (Fsp3) is 0.368. The van der Waals surface area contributed by atoms with E-state index >= 15 is 0 Å². The van der Waals surface area contributed by atoms with Crippen LogP contribution in [-0.2, 0) is 12.8 Å². The quantitative estimate of drug-likeness (QED) is 0.918. The molecule has 1 heterocycles. The second kappa shape index (κ2) is 6.31. The molecule has 1 aliphatic heterocycles. The van der Waals surface area contributed by atoms with E-state index in [2.05, 4.69) is 65.7 Å².